The van der Waals surface area contributed by atoms with E-state index < -0.39 is 0 Å². The first-order chi connectivity index (χ1) is 8.60. The van der Waals surface area contributed by atoms with Crippen LogP contribution in [0, 0.1) is 11.8 Å². The van der Waals surface area contributed by atoms with Gasteiger partial charge in [-0.2, -0.15) is 0 Å². The topological polar surface area (TPSA) is 42.0 Å². The first-order valence-corrected chi connectivity index (χ1v) is 7.80. The molecular weight excluding hydrogens is 268 g/mol. The number of rotatable bonds is 4. The Morgan fingerprint density at radius 1 is 1.56 bits per heavy atom. The van der Waals surface area contributed by atoms with Crippen LogP contribution in [0.15, 0.2) is 5.38 Å². The van der Waals surface area contributed by atoms with Crippen molar-refractivity contribution < 1.29 is 4.79 Å². The number of nitrogens with one attached hydrogen (secondary N) is 1. The summed E-state index contributed by atoms with van der Waals surface area (Å²) in [5.74, 6) is 1.77. The number of carbonyl (C=O) groups excluding carboxylic acids is 1. The van der Waals surface area contributed by atoms with Crippen LogP contribution in [0.3, 0.4) is 0 Å². The average Bonchev–Trinajstić information content (AvgIpc) is 2.91. The molecule has 1 heterocycles. The molecule has 0 aliphatic heterocycles. The molecule has 100 valence electrons. The Morgan fingerprint density at radius 3 is 2.89 bits per heavy atom. The smallest absolute Gasteiger partial charge is 0.227 e. The summed E-state index contributed by atoms with van der Waals surface area (Å²) in [6.07, 6.45) is 2.68. The highest BCUT2D eigenvalue weighted by molar-refractivity contribution is 7.09. The van der Waals surface area contributed by atoms with E-state index in [1.54, 1.807) is 0 Å². The highest BCUT2D eigenvalue weighted by atomic mass is 35.5. The SMILES string of the molecule is CC1CCC(NC(=O)Cc2nc(CCl)cs2)C1C. The Bertz CT molecular complexity index is 421. The van der Waals surface area contributed by atoms with Gasteiger partial charge in [0.15, 0.2) is 0 Å². The van der Waals surface area contributed by atoms with Crippen LogP contribution in [0.25, 0.3) is 0 Å². The fourth-order valence-electron chi connectivity index (χ4n) is 2.46. The first kappa shape index (κ1) is 13.8. The Kier molecular flexibility index (Phi) is 4.62. The number of amides is 1. The molecule has 1 aliphatic carbocycles. The van der Waals surface area contributed by atoms with E-state index in [-0.39, 0.29) is 5.91 Å². The molecule has 0 bridgehead atoms. The number of carbonyl (C=O) groups is 1. The summed E-state index contributed by atoms with van der Waals surface area (Å²) in [5.41, 5.74) is 0.854. The maximum Gasteiger partial charge on any atom is 0.227 e. The molecule has 0 aromatic carbocycles. The van der Waals surface area contributed by atoms with Gasteiger partial charge in [-0.05, 0) is 24.7 Å². The van der Waals surface area contributed by atoms with E-state index in [9.17, 15) is 4.79 Å². The second kappa shape index (κ2) is 6.02. The monoisotopic (exact) mass is 286 g/mol. The van der Waals surface area contributed by atoms with Crippen LogP contribution in [-0.2, 0) is 17.1 Å². The van der Waals surface area contributed by atoms with Crippen LogP contribution in [-0.4, -0.2) is 16.9 Å². The van der Waals surface area contributed by atoms with Crippen molar-refractivity contribution in [1.29, 1.82) is 0 Å². The lowest BCUT2D eigenvalue weighted by Gasteiger charge is -2.19. The molecule has 2 rings (SSSR count). The second-order valence-corrected chi connectivity index (χ2v) is 6.34. The van der Waals surface area contributed by atoms with Gasteiger partial charge in [0.1, 0.15) is 5.01 Å². The van der Waals surface area contributed by atoms with Crippen LogP contribution >= 0.6 is 22.9 Å². The second-order valence-electron chi connectivity index (χ2n) is 5.13. The zero-order valence-electron chi connectivity index (χ0n) is 10.8. The molecule has 3 unspecified atom stereocenters. The largest absolute Gasteiger partial charge is 0.353 e. The van der Waals surface area contributed by atoms with Crippen molar-refractivity contribution in [1.82, 2.24) is 10.3 Å². The van der Waals surface area contributed by atoms with Gasteiger partial charge in [-0.1, -0.05) is 13.8 Å². The van der Waals surface area contributed by atoms with Gasteiger partial charge in [-0.15, -0.1) is 22.9 Å². The molecule has 5 heteroatoms. The highest BCUT2D eigenvalue weighted by Gasteiger charge is 2.30. The van der Waals surface area contributed by atoms with Crippen molar-refractivity contribution >= 4 is 28.8 Å². The van der Waals surface area contributed by atoms with E-state index in [0.29, 0.717) is 30.2 Å². The standard InChI is InChI=1S/C13H19ClN2OS/c1-8-3-4-11(9(8)2)16-12(17)5-13-15-10(6-14)7-18-13/h7-9,11H,3-6H2,1-2H3,(H,16,17). The third-order valence-corrected chi connectivity index (χ3v) is 5.03. The third kappa shape index (κ3) is 3.23. The molecule has 0 saturated heterocycles. The van der Waals surface area contributed by atoms with Crippen molar-refractivity contribution in [3.8, 4) is 0 Å². The maximum absolute atomic E-state index is 11.9. The molecule has 1 aliphatic rings. The molecule has 1 amide bonds. The number of nitrogens with zero attached hydrogens (tertiary/aromatic N) is 1. The van der Waals surface area contributed by atoms with Crippen LogP contribution in [0.4, 0.5) is 0 Å². The lowest BCUT2D eigenvalue weighted by Crippen LogP contribution is -2.38. The summed E-state index contributed by atoms with van der Waals surface area (Å²) in [5, 5.41) is 5.89. The molecule has 18 heavy (non-hydrogen) atoms. The molecule has 1 aromatic heterocycles. The van der Waals surface area contributed by atoms with Crippen LogP contribution in [0.5, 0.6) is 0 Å². The predicted octanol–water partition coefficient (Wildman–Crippen LogP) is 2.98. The lowest BCUT2D eigenvalue weighted by atomic mass is 9.98. The summed E-state index contributed by atoms with van der Waals surface area (Å²) in [4.78, 5) is 16.2. The van der Waals surface area contributed by atoms with Gasteiger partial charge in [0.25, 0.3) is 0 Å². The number of halogens is 1. The fourth-order valence-corrected chi connectivity index (χ4v) is 3.48. The zero-order chi connectivity index (χ0) is 13.1. The Balaban J connectivity index is 1.85. The van der Waals surface area contributed by atoms with Crippen LogP contribution < -0.4 is 5.32 Å². The summed E-state index contributed by atoms with van der Waals surface area (Å²) >= 11 is 7.20. The summed E-state index contributed by atoms with van der Waals surface area (Å²) in [6, 6.07) is 0.333. The quantitative estimate of drug-likeness (QED) is 0.865. The molecule has 3 atom stereocenters. The van der Waals surface area contributed by atoms with Crippen LogP contribution in [0.2, 0.25) is 0 Å². The molecule has 1 aromatic rings. The van der Waals surface area contributed by atoms with E-state index in [0.717, 1.165) is 17.1 Å². The molecular formula is C13H19ClN2OS. The third-order valence-electron chi connectivity index (χ3n) is 3.86. The fraction of sp³-hybridized carbons (Fsp3) is 0.692. The van der Waals surface area contributed by atoms with E-state index in [1.807, 2.05) is 5.38 Å². The number of thiazole rings is 1. The summed E-state index contributed by atoms with van der Waals surface area (Å²) in [7, 11) is 0. The molecule has 1 saturated carbocycles. The van der Waals surface area contributed by atoms with Crippen LogP contribution in [0.1, 0.15) is 37.4 Å². The van der Waals surface area contributed by atoms with Crippen molar-refractivity contribution in [2.75, 3.05) is 0 Å². The van der Waals surface area contributed by atoms with Crippen molar-refractivity contribution in [2.24, 2.45) is 11.8 Å². The minimum atomic E-state index is 0.0800. The number of hydrogen-bond donors (Lipinski definition) is 1. The maximum atomic E-state index is 11.9. The molecule has 0 spiro atoms. The normalized spacial score (nSPS) is 27.4. The number of hydrogen-bond acceptors (Lipinski definition) is 3. The minimum absolute atomic E-state index is 0.0800. The van der Waals surface area contributed by atoms with E-state index in [2.05, 4.69) is 24.1 Å². The van der Waals surface area contributed by atoms with E-state index in [4.69, 9.17) is 11.6 Å². The molecule has 1 N–H and O–H groups in total. The Labute approximate surface area is 117 Å². The zero-order valence-corrected chi connectivity index (χ0v) is 12.4. The number of aromatic nitrogens is 1. The number of alkyl halides is 1. The van der Waals surface area contributed by atoms with Gasteiger partial charge < -0.3 is 5.32 Å². The minimum Gasteiger partial charge on any atom is -0.353 e. The van der Waals surface area contributed by atoms with Gasteiger partial charge >= 0.3 is 0 Å². The molecule has 1 fully saturated rings. The Morgan fingerprint density at radius 2 is 2.33 bits per heavy atom. The Hall–Kier alpha value is -0.610. The predicted molar refractivity (Wildman–Crippen MR) is 74.9 cm³/mol. The van der Waals surface area contributed by atoms with Crippen molar-refractivity contribution in [3.63, 3.8) is 0 Å². The summed E-state index contributed by atoms with van der Waals surface area (Å²) in [6.45, 7) is 4.47. The van der Waals surface area contributed by atoms with E-state index >= 15 is 0 Å². The van der Waals surface area contributed by atoms with Gasteiger partial charge in [0.2, 0.25) is 5.91 Å². The average molecular weight is 287 g/mol. The van der Waals surface area contributed by atoms with Gasteiger partial charge in [0, 0.05) is 11.4 Å². The van der Waals surface area contributed by atoms with Crippen molar-refractivity contribution in [2.45, 2.75) is 45.0 Å². The van der Waals surface area contributed by atoms with Gasteiger partial charge in [0.05, 0.1) is 18.0 Å². The first-order valence-electron chi connectivity index (χ1n) is 6.38. The molecule has 0 radical (unpaired) electrons. The van der Waals surface area contributed by atoms with E-state index in [1.165, 1.54) is 17.8 Å². The lowest BCUT2D eigenvalue weighted by molar-refractivity contribution is -0.121. The van der Waals surface area contributed by atoms with Crippen molar-refractivity contribution in [3.05, 3.63) is 16.1 Å². The van der Waals surface area contributed by atoms with Gasteiger partial charge in [-0.25, -0.2) is 4.98 Å². The highest BCUT2D eigenvalue weighted by Crippen LogP contribution is 2.31. The summed E-state index contributed by atoms with van der Waals surface area (Å²) < 4.78 is 0. The molecule has 3 nitrogen and oxygen atoms in total. The van der Waals surface area contributed by atoms with Gasteiger partial charge in [-0.3, -0.25) is 4.79 Å².